The molecule has 0 saturated carbocycles. The summed E-state index contributed by atoms with van der Waals surface area (Å²) in [5, 5.41) is 2.84. The van der Waals surface area contributed by atoms with Crippen molar-refractivity contribution >= 4 is 50.6 Å². The van der Waals surface area contributed by atoms with E-state index in [4.69, 9.17) is 23.2 Å². The summed E-state index contributed by atoms with van der Waals surface area (Å²) in [5.74, 6) is -0.682. The number of amides is 1. The van der Waals surface area contributed by atoms with E-state index in [0.717, 1.165) is 4.31 Å². The van der Waals surface area contributed by atoms with Crippen LogP contribution < -0.4 is 5.32 Å². The molecule has 27 heavy (non-hydrogen) atoms. The number of rotatable bonds is 7. The van der Waals surface area contributed by atoms with Crippen LogP contribution in [0.2, 0.25) is 10.0 Å². The second-order valence-corrected chi connectivity index (χ2v) is 8.44. The first-order chi connectivity index (χ1) is 12.6. The zero-order valence-corrected chi connectivity index (χ0v) is 17.0. The zero-order chi connectivity index (χ0) is 20.2. The highest BCUT2D eigenvalue weighted by Gasteiger charge is 2.27. The highest BCUT2D eigenvalue weighted by atomic mass is 35.5. The summed E-state index contributed by atoms with van der Waals surface area (Å²) < 4.78 is 26.6. The minimum atomic E-state index is -4.01. The van der Waals surface area contributed by atoms with Crippen LogP contribution in [0.3, 0.4) is 0 Å². The fourth-order valence-corrected chi connectivity index (χ4v) is 4.50. The second-order valence-electron chi connectivity index (χ2n) is 5.69. The van der Waals surface area contributed by atoms with E-state index < -0.39 is 22.5 Å². The molecule has 0 aliphatic rings. The van der Waals surface area contributed by atoms with Crippen molar-refractivity contribution in [1.82, 2.24) is 4.31 Å². The van der Waals surface area contributed by atoms with Gasteiger partial charge >= 0.3 is 0 Å². The van der Waals surface area contributed by atoms with E-state index >= 15 is 0 Å². The number of benzene rings is 2. The molecule has 1 N–H and O–H groups in total. The van der Waals surface area contributed by atoms with Gasteiger partial charge in [-0.15, -0.1) is 0 Å². The molecule has 2 aromatic carbocycles. The lowest BCUT2D eigenvalue weighted by Crippen LogP contribution is -2.38. The first-order valence-corrected chi connectivity index (χ1v) is 10.2. The number of likely N-dealkylation sites (N-methyl/N-ethyl adjacent to an activating group) is 1. The van der Waals surface area contributed by atoms with Gasteiger partial charge in [0.05, 0.1) is 11.6 Å². The van der Waals surface area contributed by atoms with E-state index in [1.165, 1.54) is 31.2 Å². The maximum absolute atomic E-state index is 12.8. The summed E-state index contributed by atoms with van der Waals surface area (Å²) in [7, 11) is -4.01. The molecular formula is C18H18Cl2N2O4S. The summed E-state index contributed by atoms with van der Waals surface area (Å²) in [6.07, 6.45) is 0. The van der Waals surface area contributed by atoms with Crippen molar-refractivity contribution in [3.8, 4) is 0 Å². The highest BCUT2D eigenvalue weighted by molar-refractivity contribution is 7.89. The van der Waals surface area contributed by atoms with E-state index in [9.17, 15) is 18.0 Å². The van der Waals surface area contributed by atoms with E-state index in [-0.39, 0.29) is 27.3 Å². The van der Waals surface area contributed by atoms with Crippen LogP contribution in [0.25, 0.3) is 0 Å². The maximum Gasteiger partial charge on any atom is 0.245 e. The molecule has 144 valence electrons. The molecule has 0 saturated heterocycles. The Bertz CT molecular complexity index is 977. The Kier molecular flexibility index (Phi) is 7.00. The lowest BCUT2D eigenvalue weighted by molar-refractivity contribution is -0.116. The SMILES string of the molecule is CCN(CC(=O)Nc1cccc(C(C)=O)c1)S(=O)(=O)c1cc(Cl)ccc1Cl. The third-order valence-corrected chi connectivity index (χ3v) is 6.37. The first kappa shape index (κ1) is 21.4. The van der Waals surface area contributed by atoms with Crippen molar-refractivity contribution in [2.45, 2.75) is 18.7 Å². The van der Waals surface area contributed by atoms with Gasteiger partial charge < -0.3 is 5.32 Å². The highest BCUT2D eigenvalue weighted by Crippen LogP contribution is 2.27. The van der Waals surface area contributed by atoms with Gasteiger partial charge in [0.15, 0.2) is 5.78 Å². The molecule has 1 amide bonds. The Labute approximate surface area is 168 Å². The Morgan fingerprint density at radius 1 is 1.11 bits per heavy atom. The summed E-state index contributed by atoms with van der Waals surface area (Å²) in [6, 6.07) is 10.5. The van der Waals surface area contributed by atoms with Gasteiger partial charge in [0.1, 0.15) is 4.90 Å². The number of hydrogen-bond donors (Lipinski definition) is 1. The molecule has 0 atom stereocenters. The molecule has 0 radical (unpaired) electrons. The molecule has 2 aromatic rings. The van der Waals surface area contributed by atoms with Crippen molar-refractivity contribution in [3.63, 3.8) is 0 Å². The van der Waals surface area contributed by atoms with Gasteiger partial charge in [-0.25, -0.2) is 8.42 Å². The van der Waals surface area contributed by atoms with Gasteiger partial charge in [-0.2, -0.15) is 4.31 Å². The largest absolute Gasteiger partial charge is 0.325 e. The average molecular weight is 429 g/mol. The number of hydrogen-bond acceptors (Lipinski definition) is 4. The molecule has 0 heterocycles. The predicted octanol–water partition coefficient (Wildman–Crippen LogP) is 3.85. The van der Waals surface area contributed by atoms with Crippen LogP contribution in [-0.2, 0) is 14.8 Å². The van der Waals surface area contributed by atoms with Crippen molar-refractivity contribution in [2.75, 3.05) is 18.4 Å². The molecule has 2 rings (SSSR count). The number of anilines is 1. The molecule has 9 heteroatoms. The fraction of sp³-hybridized carbons (Fsp3) is 0.222. The molecule has 0 spiro atoms. The normalized spacial score (nSPS) is 11.4. The fourth-order valence-electron chi connectivity index (χ4n) is 2.36. The standard InChI is InChI=1S/C18H18Cl2N2O4S/c1-3-22(27(25,26)17-10-14(19)7-8-16(17)20)11-18(24)21-15-6-4-5-13(9-15)12(2)23/h4-10H,3,11H2,1-2H3,(H,21,24). The average Bonchev–Trinajstić information content (AvgIpc) is 2.61. The zero-order valence-electron chi connectivity index (χ0n) is 14.7. The lowest BCUT2D eigenvalue weighted by atomic mass is 10.1. The number of carbonyl (C=O) groups excluding carboxylic acids is 2. The van der Waals surface area contributed by atoms with E-state index in [1.807, 2.05) is 0 Å². The minimum Gasteiger partial charge on any atom is -0.325 e. The van der Waals surface area contributed by atoms with Crippen LogP contribution in [0.5, 0.6) is 0 Å². The molecule has 0 fully saturated rings. The van der Waals surface area contributed by atoms with Gasteiger partial charge in [-0.1, -0.05) is 42.3 Å². The molecule has 0 unspecified atom stereocenters. The molecule has 0 aliphatic carbocycles. The van der Waals surface area contributed by atoms with Crippen LogP contribution in [0, 0.1) is 0 Å². The van der Waals surface area contributed by atoms with Gasteiger partial charge in [-0.3, -0.25) is 9.59 Å². The smallest absolute Gasteiger partial charge is 0.245 e. The summed E-state index contributed by atoms with van der Waals surface area (Å²) in [4.78, 5) is 23.6. The lowest BCUT2D eigenvalue weighted by Gasteiger charge is -2.21. The van der Waals surface area contributed by atoms with Crippen LogP contribution in [0.4, 0.5) is 5.69 Å². The van der Waals surface area contributed by atoms with Crippen molar-refractivity contribution in [1.29, 1.82) is 0 Å². The minimum absolute atomic E-state index is 0.0208. The Balaban J connectivity index is 2.20. The van der Waals surface area contributed by atoms with Gasteiger partial charge in [-0.05, 0) is 37.3 Å². The number of nitrogens with zero attached hydrogens (tertiary/aromatic N) is 1. The molecule has 0 aromatic heterocycles. The van der Waals surface area contributed by atoms with Crippen LogP contribution >= 0.6 is 23.2 Å². The van der Waals surface area contributed by atoms with Gasteiger partial charge in [0, 0.05) is 22.8 Å². The maximum atomic E-state index is 12.8. The summed E-state index contributed by atoms with van der Waals surface area (Å²) in [6.45, 7) is 2.68. The van der Waals surface area contributed by atoms with Crippen molar-refractivity contribution in [2.24, 2.45) is 0 Å². The summed E-state index contributed by atoms with van der Waals surface area (Å²) >= 11 is 11.9. The molecule has 6 nitrogen and oxygen atoms in total. The summed E-state index contributed by atoms with van der Waals surface area (Å²) in [5.41, 5.74) is 0.848. The van der Waals surface area contributed by atoms with Crippen molar-refractivity contribution < 1.29 is 18.0 Å². The Morgan fingerprint density at radius 3 is 2.44 bits per heavy atom. The first-order valence-electron chi connectivity index (χ1n) is 8.01. The Hall–Kier alpha value is -1.93. The van der Waals surface area contributed by atoms with E-state index in [2.05, 4.69) is 5.32 Å². The van der Waals surface area contributed by atoms with Gasteiger partial charge in [0.2, 0.25) is 15.9 Å². The number of Topliss-reactive ketones (excluding diaryl/α,β-unsaturated/α-hetero) is 1. The third kappa shape index (κ3) is 5.29. The molecular weight excluding hydrogens is 411 g/mol. The number of carbonyl (C=O) groups is 2. The van der Waals surface area contributed by atoms with E-state index in [1.54, 1.807) is 25.1 Å². The predicted molar refractivity (Wildman–Crippen MR) is 106 cm³/mol. The number of halogens is 2. The Morgan fingerprint density at radius 2 is 1.81 bits per heavy atom. The van der Waals surface area contributed by atoms with Crippen LogP contribution in [0.15, 0.2) is 47.4 Å². The molecule has 0 bridgehead atoms. The monoisotopic (exact) mass is 428 g/mol. The quantitative estimate of drug-likeness (QED) is 0.678. The van der Waals surface area contributed by atoms with Crippen LogP contribution in [0.1, 0.15) is 24.2 Å². The topological polar surface area (TPSA) is 83.6 Å². The second kappa shape index (κ2) is 8.84. The number of ketones is 1. The number of nitrogens with one attached hydrogen (secondary N) is 1. The van der Waals surface area contributed by atoms with E-state index in [0.29, 0.717) is 11.3 Å². The van der Waals surface area contributed by atoms with Crippen LogP contribution in [-0.4, -0.2) is 37.5 Å². The van der Waals surface area contributed by atoms with Crippen molar-refractivity contribution in [3.05, 3.63) is 58.1 Å². The third-order valence-electron chi connectivity index (χ3n) is 3.74. The van der Waals surface area contributed by atoms with Gasteiger partial charge in [0.25, 0.3) is 0 Å². The molecule has 0 aliphatic heterocycles. The number of sulfonamides is 1.